The number of rotatable bonds is 8. The van der Waals surface area contributed by atoms with Crippen molar-refractivity contribution in [1.82, 2.24) is 4.90 Å². The molecule has 0 aliphatic heterocycles. The maximum absolute atomic E-state index is 12.4. The van der Waals surface area contributed by atoms with Crippen molar-refractivity contribution in [2.24, 2.45) is 5.73 Å². The fourth-order valence-electron chi connectivity index (χ4n) is 2.84. The molecule has 1 rings (SSSR count). The smallest absolute Gasteiger partial charge is 0.320 e. The second kappa shape index (κ2) is 9.30. The molecule has 0 radical (unpaired) electrons. The summed E-state index contributed by atoms with van der Waals surface area (Å²) in [6.45, 7) is 4.13. The molecule has 1 aliphatic carbocycles. The molecule has 0 heterocycles. The van der Waals surface area contributed by atoms with Gasteiger partial charge in [0, 0.05) is 12.1 Å². The maximum atomic E-state index is 12.4. The Hall–Kier alpha value is -0.750. The van der Waals surface area contributed by atoms with Crippen molar-refractivity contribution in [3.8, 4) is 0 Å². The molecular formula is C15H28N2O3S. The predicted octanol–water partition coefficient (Wildman–Crippen LogP) is 2.09. The second-order valence-corrected chi connectivity index (χ2v) is 7.08. The van der Waals surface area contributed by atoms with E-state index in [0.717, 1.165) is 12.8 Å². The summed E-state index contributed by atoms with van der Waals surface area (Å²) in [6, 6.07) is -0.220. The molecule has 0 aromatic rings. The molecule has 1 saturated carbocycles. The van der Waals surface area contributed by atoms with Crippen LogP contribution in [0.2, 0.25) is 0 Å². The molecule has 1 unspecified atom stereocenters. The van der Waals surface area contributed by atoms with Gasteiger partial charge < -0.3 is 15.7 Å². The zero-order chi connectivity index (χ0) is 15.8. The second-order valence-electron chi connectivity index (χ2n) is 5.97. The Morgan fingerprint density at radius 3 is 2.43 bits per heavy atom. The zero-order valence-electron chi connectivity index (χ0n) is 13.1. The lowest BCUT2D eigenvalue weighted by Crippen LogP contribution is -2.46. The van der Waals surface area contributed by atoms with E-state index in [4.69, 9.17) is 10.8 Å². The van der Waals surface area contributed by atoms with E-state index in [1.165, 1.54) is 31.0 Å². The van der Waals surface area contributed by atoms with E-state index in [1.807, 2.05) is 4.90 Å². The topological polar surface area (TPSA) is 83.6 Å². The number of hydrogen-bond acceptors (Lipinski definition) is 4. The lowest BCUT2D eigenvalue weighted by molar-refractivity contribution is -0.138. The van der Waals surface area contributed by atoms with Gasteiger partial charge in [0.15, 0.2) is 0 Å². The van der Waals surface area contributed by atoms with E-state index in [2.05, 4.69) is 13.8 Å². The quantitative estimate of drug-likeness (QED) is 0.670. The molecule has 3 N–H and O–H groups in total. The number of hydrogen-bond donors (Lipinski definition) is 2. The molecular weight excluding hydrogens is 288 g/mol. The van der Waals surface area contributed by atoms with Crippen LogP contribution in [-0.2, 0) is 9.59 Å². The highest BCUT2D eigenvalue weighted by Gasteiger charge is 2.27. The molecule has 0 bridgehead atoms. The molecule has 1 fully saturated rings. The largest absolute Gasteiger partial charge is 0.480 e. The number of carboxylic acids is 1. The lowest BCUT2D eigenvalue weighted by Gasteiger charge is -2.37. The van der Waals surface area contributed by atoms with Gasteiger partial charge in [-0.25, -0.2) is 0 Å². The van der Waals surface area contributed by atoms with Gasteiger partial charge in [0.25, 0.3) is 0 Å². The van der Waals surface area contributed by atoms with Gasteiger partial charge in [-0.15, -0.1) is 0 Å². The number of amides is 1. The van der Waals surface area contributed by atoms with Gasteiger partial charge >= 0.3 is 5.97 Å². The Morgan fingerprint density at radius 1 is 1.29 bits per heavy atom. The van der Waals surface area contributed by atoms with Gasteiger partial charge in [0.2, 0.25) is 5.91 Å². The molecule has 6 heteroatoms. The minimum Gasteiger partial charge on any atom is -0.480 e. The van der Waals surface area contributed by atoms with E-state index in [9.17, 15) is 9.59 Å². The van der Waals surface area contributed by atoms with Crippen molar-refractivity contribution in [2.45, 2.75) is 70.5 Å². The third-order valence-electron chi connectivity index (χ3n) is 3.93. The molecule has 0 spiro atoms. The van der Waals surface area contributed by atoms with Crippen molar-refractivity contribution >= 4 is 23.6 Å². The number of carboxylic acid groups (broad SMARTS) is 1. The number of nitrogens with two attached hydrogens (primary N) is 1. The first-order valence-electron chi connectivity index (χ1n) is 7.80. The monoisotopic (exact) mass is 316 g/mol. The molecule has 0 aromatic carbocycles. The predicted molar refractivity (Wildman–Crippen MR) is 86.4 cm³/mol. The number of aliphatic carboxylic acids is 1. The Balaban J connectivity index is 2.37. The highest BCUT2D eigenvalue weighted by molar-refractivity contribution is 7.99. The van der Waals surface area contributed by atoms with Crippen LogP contribution >= 0.6 is 11.8 Å². The van der Waals surface area contributed by atoms with Crippen LogP contribution in [0.25, 0.3) is 0 Å². The SMILES string of the molecule is CC(C)N(C(=O)CSCCC(N)C(=O)O)C1CCCCC1. The van der Waals surface area contributed by atoms with E-state index in [-0.39, 0.29) is 11.9 Å². The van der Waals surface area contributed by atoms with Gasteiger partial charge in [0.05, 0.1) is 5.75 Å². The molecule has 21 heavy (non-hydrogen) atoms. The van der Waals surface area contributed by atoms with E-state index < -0.39 is 12.0 Å². The van der Waals surface area contributed by atoms with Crippen molar-refractivity contribution in [3.63, 3.8) is 0 Å². The van der Waals surface area contributed by atoms with Crippen LogP contribution < -0.4 is 5.73 Å². The first-order valence-corrected chi connectivity index (χ1v) is 8.96. The van der Waals surface area contributed by atoms with Crippen LogP contribution in [0.4, 0.5) is 0 Å². The summed E-state index contributed by atoms with van der Waals surface area (Å²) in [5.41, 5.74) is 5.45. The average Bonchev–Trinajstić information content (AvgIpc) is 2.44. The van der Waals surface area contributed by atoms with Crippen LogP contribution in [0.3, 0.4) is 0 Å². The maximum Gasteiger partial charge on any atom is 0.320 e. The molecule has 1 amide bonds. The number of nitrogens with zero attached hydrogens (tertiary/aromatic N) is 1. The van der Waals surface area contributed by atoms with Gasteiger partial charge in [-0.2, -0.15) is 11.8 Å². The van der Waals surface area contributed by atoms with Crippen molar-refractivity contribution in [3.05, 3.63) is 0 Å². The summed E-state index contributed by atoms with van der Waals surface area (Å²) < 4.78 is 0. The van der Waals surface area contributed by atoms with Gasteiger partial charge in [0.1, 0.15) is 6.04 Å². The molecule has 122 valence electrons. The minimum absolute atomic E-state index is 0.172. The third-order valence-corrected chi connectivity index (χ3v) is 4.90. The van der Waals surface area contributed by atoms with Crippen molar-refractivity contribution < 1.29 is 14.7 Å². The van der Waals surface area contributed by atoms with E-state index in [1.54, 1.807) is 0 Å². The number of carbonyl (C=O) groups excluding carboxylic acids is 1. The van der Waals surface area contributed by atoms with Gasteiger partial charge in [-0.1, -0.05) is 19.3 Å². The summed E-state index contributed by atoms with van der Waals surface area (Å²) in [7, 11) is 0. The van der Waals surface area contributed by atoms with Gasteiger partial charge in [-0.3, -0.25) is 9.59 Å². The van der Waals surface area contributed by atoms with E-state index >= 15 is 0 Å². The molecule has 1 atom stereocenters. The van der Waals surface area contributed by atoms with Crippen molar-refractivity contribution in [2.75, 3.05) is 11.5 Å². The summed E-state index contributed by atoms with van der Waals surface area (Å²) in [5, 5.41) is 8.71. The fourth-order valence-corrected chi connectivity index (χ4v) is 3.73. The normalized spacial score (nSPS) is 17.7. The third kappa shape index (κ3) is 6.26. The summed E-state index contributed by atoms with van der Waals surface area (Å²) in [6.07, 6.45) is 6.32. The van der Waals surface area contributed by atoms with Crippen LogP contribution in [0.1, 0.15) is 52.4 Å². The van der Waals surface area contributed by atoms with Crippen LogP contribution in [0.15, 0.2) is 0 Å². The summed E-state index contributed by atoms with van der Waals surface area (Å²) >= 11 is 1.48. The molecule has 5 nitrogen and oxygen atoms in total. The Labute approximate surface area is 131 Å². The fraction of sp³-hybridized carbons (Fsp3) is 0.867. The highest BCUT2D eigenvalue weighted by Crippen LogP contribution is 2.25. The Morgan fingerprint density at radius 2 is 1.90 bits per heavy atom. The number of thioether (sulfide) groups is 1. The Bertz CT molecular complexity index is 344. The first-order chi connectivity index (χ1) is 9.93. The average molecular weight is 316 g/mol. The summed E-state index contributed by atoms with van der Waals surface area (Å²) in [4.78, 5) is 25.1. The zero-order valence-corrected chi connectivity index (χ0v) is 13.9. The first kappa shape index (κ1) is 18.3. The van der Waals surface area contributed by atoms with Crippen molar-refractivity contribution in [1.29, 1.82) is 0 Å². The minimum atomic E-state index is -0.979. The molecule has 1 aliphatic rings. The van der Waals surface area contributed by atoms with Crippen LogP contribution in [0, 0.1) is 0 Å². The number of carbonyl (C=O) groups is 2. The van der Waals surface area contributed by atoms with Crippen LogP contribution in [0.5, 0.6) is 0 Å². The van der Waals surface area contributed by atoms with Gasteiger partial charge in [-0.05, 0) is 38.9 Å². The lowest BCUT2D eigenvalue weighted by atomic mass is 9.93. The van der Waals surface area contributed by atoms with Crippen LogP contribution in [-0.4, -0.2) is 51.5 Å². The highest BCUT2D eigenvalue weighted by atomic mass is 32.2. The molecule has 0 aromatic heterocycles. The van der Waals surface area contributed by atoms with E-state index in [0.29, 0.717) is 24.0 Å². The standard InChI is InChI=1S/C15H28N2O3S/c1-11(2)17(12-6-4-3-5-7-12)14(18)10-21-9-8-13(16)15(19)20/h11-13H,3-10,16H2,1-2H3,(H,19,20). The molecule has 0 saturated heterocycles. The summed E-state index contributed by atoms with van der Waals surface area (Å²) in [5.74, 6) is 0.218. The Kier molecular flexibility index (Phi) is 8.11.